The third-order valence-electron chi connectivity index (χ3n) is 13.6. The molecule has 2 saturated carbocycles. The van der Waals surface area contributed by atoms with Gasteiger partial charge in [0.1, 0.15) is 12.7 Å². The van der Waals surface area contributed by atoms with Gasteiger partial charge in [-0.2, -0.15) is 0 Å². The molecule has 0 aromatic heterocycles. The van der Waals surface area contributed by atoms with E-state index in [9.17, 15) is 0 Å². The summed E-state index contributed by atoms with van der Waals surface area (Å²) < 4.78 is 27.3. The molecule has 2 spiro atoms. The molecule has 10 heteroatoms. The molecule has 0 N–H and O–H groups in total. The first-order valence-corrected chi connectivity index (χ1v) is 17.7. The lowest BCUT2D eigenvalue weighted by molar-refractivity contribution is -0.571. The summed E-state index contributed by atoms with van der Waals surface area (Å²) in [4.78, 5) is 30.7. The Balaban J connectivity index is 1.11. The standard InChI is InChI=1S/C35H53NO9/c1-8-17-37-36-27(29-22(5)26-12-10-20(3)24-14-16-33(7)41-31(39-29)35(24,26)45-43-33)18-28-21(4)25-11-9-19(2)23-13-15-32(6)40-30(38-28)34(23,25)44-42-32/h8,19-26,28-31H,1,9-18H2,2-7H3/t19-,20-,21-,22+,23-,24+,25+,26+,28-,29+,30-,31-,32+,33+,34-,35-/m1/s1. The van der Waals surface area contributed by atoms with Crippen LogP contribution in [0, 0.1) is 47.3 Å². The second-order valence-electron chi connectivity index (χ2n) is 16.1. The highest BCUT2D eigenvalue weighted by molar-refractivity contribution is 5.89. The number of hydrogen-bond donors (Lipinski definition) is 0. The minimum atomic E-state index is -0.836. The fraction of sp³-hybridized carbons (Fsp3) is 0.914. The van der Waals surface area contributed by atoms with Crippen molar-refractivity contribution in [1.29, 1.82) is 0 Å². The van der Waals surface area contributed by atoms with Crippen molar-refractivity contribution in [3.63, 3.8) is 0 Å². The van der Waals surface area contributed by atoms with E-state index in [-0.39, 0.29) is 35.9 Å². The molecule has 0 unspecified atom stereocenters. The van der Waals surface area contributed by atoms with Crippen LogP contribution in [-0.2, 0) is 43.3 Å². The van der Waals surface area contributed by atoms with Crippen molar-refractivity contribution in [3.05, 3.63) is 12.7 Å². The van der Waals surface area contributed by atoms with Crippen molar-refractivity contribution >= 4 is 5.71 Å². The molecule has 0 aromatic carbocycles. The van der Waals surface area contributed by atoms with Crippen molar-refractivity contribution in [3.8, 4) is 0 Å². The summed E-state index contributed by atoms with van der Waals surface area (Å²) in [6, 6.07) is 0. The van der Waals surface area contributed by atoms with E-state index >= 15 is 0 Å². The zero-order valence-corrected chi connectivity index (χ0v) is 27.9. The van der Waals surface area contributed by atoms with Crippen LogP contribution in [0.1, 0.15) is 99.3 Å². The molecule has 4 bridgehead atoms. The smallest absolute Gasteiger partial charge is 0.201 e. The van der Waals surface area contributed by atoms with Crippen molar-refractivity contribution in [2.45, 2.75) is 147 Å². The maximum atomic E-state index is 7.02. The zero-order chi connectivity index (χ0) is 31.4. The molecule has 252 valence electrons. The lowest BCUT2D eigenvalue weighted by Gasteiger charge is -2.61. The summed E-state index contributed by atoms with van der Waals surface area (Å²) in [7, 11) is 0. The Bertz CT molecular complexity index is 1200. The lowest BCUT2D eigenvalue weighted by atomic mass is 9.56. The van der Waals surface area contributed by atoms with Crippen molar-refractivity contribution < 1.29 is 43.3 Å². The SMILES string of the molecule is C=CCON=C(C[C@H]1O[C@@H]2O[C@]3(C)CC[C@@H]4[C@H](C)CC[C@@H]([C@H]1C)[C@@]24OO3)[C@H]1O[C@@H]2O[C@]3(C)CC[C@H]4[C@H](C)CC[C@@H]([C@@H]1C)[C@@]24OO3. The Hall–Kier alpha value is -1.11. The minimum absolute atomic E-state index is 0.0999. The molecule has 8 saturated heterocycles. The minimum Gasteiger partial charge on any atom is -0.392 e. The lowest BCUT2D eigenvalue weighted by Crippen LogP contribution is -2.71. The molecule has 45 heavy (non-hydrogen) atoms. The first-order valence-electron chi connectivity index (χ1n) is 17.7. The van der Waals surface area contributed by atoms with Crippen LogP contribution in [0.5, 0.6) is 0 Å². The molecular formula is C35H53NO9. The highest BCUT2D eigenvalue weighted by Gasteiger charge is 2.71. The topological polar surface area (TPSA) is 95.4 Å². The van der Waals surface area contributed by atoms with Crippen LogP contribution in [0.25, 0.3) is 0 Å². The van der Waals surface area contributed by atoms with Crippen molar-refractivity contribution in [1.82, 2.24) is 0 Å². The fourth-order valence-electron chi connectivity index (χ4n) is 11.1. The predicted octanol–water partition coefficient (Wildman–Crippen LogP) is 6.44. The summed E-state index contributed by atoms with van der Waals surface area (Å²) in [5.41, 5.74) is -0.402. The van der Waals surface area contributed by atoms with Gasteiger partial charge in [0.15, 0.2) is 23.8 Å². The summed E-state index contributed by atoms with van der Waals surface area (Å²) in [5, 5.41) is 4.77. The third-order valence-corrected chi connectivity index (χ3v) is 13.6. The number of fused-ring (bicyclic) bond motifs is 4. The maximum absolute atomic E-state index is 7.02. The molecule has 10 rings (SSSR count). The van der Waals surface area contributed by atoms with Crippen LogP contribution in [0.4, 0.5) is 0 Å². The Morgan fingerprint density at radius 3 is 1.87 bits per heavy atom. The molecular weight excluding hydrogens is 578 g/mol. The van der Waals surface area contributed by atoms with Crippen LogP contribution in [0.3, 0.4) is 0 Å². The Kier molecular flexibility index (Phi) is 7.59. The van der Waals surface area contributed by atoms with Gasteiger partial charge in [-0.15, -0.1) is 0 Å². The van der Waals surface area contributed by atoms with Gasteiger partial charge in [0.25, 0.3) is 0 Å². The molecule has 2 aliphatic carbocycles. The van der Waals surface area contributed by atoms with Crippen LogP contribution in [0.2, 0.25) is 0 Å². The molecule has 10 fully saturated rings. The quantitative estimate of drug-likeness (QED) is 0.108. The van der Waals surface area contributed by atoms with E-state index < -0.39 is 35.4 Å². The Morgan fingerprint density at radius 1 is 0.733 bits per heavy atom. The van der Waals surface area contributed by atoms with Crippen molar-refractivity contribution in [2.75, 3.05) is 6.61 Å². The monoisotopic (exact) mass is 631 g/mol. The second kappa shape index (κ2) is 11.0. The fourth-order valence-corrected chi connectivity index (χ4v) is 11.1. The van der Waals surface area contributed by atoms with Gasteiger partial charge < -0.3 is 23.8 Å². The molecule has 8 aliphatic heterocycles. The van der Waals surface area contributed by atoms with E-state index in [2.05, 4.69) is 34.3 Å². The van der Waals surface area contributed by atoms with Gasteiger partial charge in [-0.05, 0) is 87.9 Å². The molecule has 10 nitrogen and oxygen atoms in total. The summed E-state index contributed by atoms with van der Waals surface area (Å²) in [5.74, 6) is 0.701. The van der Waals surface area contributed by atoms with Gasteiger partial charge in [-0.1, -0.05) is 45.5 Å². The van der Waals surface area contributed by atoms with Gasteiger partial charge in [-0.25, -0.2) is 19.6 Å². The predicted molar refractivity (Wildman–Crippen MR) is 162 cm³/mol. The molecule has 0 amide bonds. The maximum Gasteiger partial charge on any atom is 0.201 e. The third kappa shape index (κ3) is 4.52. The van der Waals surface area contributed by atoms with Gasteiger partial charge in [-0.3, -0.25) is 0 Å². The average Bonchev–Trinajstić information content (AvgIpc) is 3.38. The van der Waals surface area contributed by atoms with Gasteiger partial charge >= 0.3 is 0 Å². The normalized spacial score (nSPS) is 56.9. The zero-order valence-electron chi connectivity index (χ0n) is 27.9. The molecule has 0 radical (unpaired) electrons. The second-order valence-corrected chi connectivity index (χ2v) is 16.1. The number of oxime groups is 1. The number of rotatable bonds is 6. The van der Waals surface area contributed by atoms with Crippen LogP contribution < -0.4 is 0 Å². The summed E-state index contributed by atoms with van der Waals surface area (Å²) >= 11 is 0. The number of nitrogens with zero attached hydrogens (tertiary/aromatic N) is 1. The molecule has 10 aliphatic rings. The molecule has 0 aromatic rings. The molecule has 16 atom stereocenters. The number of hydrogen-bond acceptors (Lipinski definition) is 10. The summed E-state index contributed by atoms with van der Waals surface area (Å²) in [6.45, 7) is 17.3. The van der Waals surface area contributed by atoms with E-state index in [1.54, 1.807) is 6.08 Å². The highest BCUT2D eigenvalue weighted by Crippen LogP contribution is 2.63. The highest BCUT2D eigenvalue weighted by atomic mass is 17.3. The van der Waals surface area contributed by atoms with Gasteiger partial charge in [0.05, 0.1) is 11.8 Å². The van der Waals surface area contributed by atoms with E-state index in [0.29, 0.717) is 36.7 Å². The van der Waals surface area contributed by atoms with Gasteiger partial charge in [0, 0.05) is 31.1 Å². The number of ether oxygens (including phenoxy) is 4. The Morgan fingerprint density at radius 2 is 1.29 bits per heavy atom. The van der Waals surface area contributed by atoms with E-state index in [1.165, 1.54) is 0 Å². The largest absolute Gasteiger partial charge is 0.392 e. The molecule has 8 heterocycles. The van der Waals surface area contributed by atoms with E-state index in [1.807, 2.05) is 13.8 Å². The Labute approximate surface area is 267 Å². The first kappa shape index (κ1) is 31.2. The average molecular weight is 632 g/mol. The van der Waals surface area contributed by atoms with Crippen LogP contribution in [0.15, 0.2) is 17.8 Å². The van der Waals surface area contributed by atoms with Crippen molar-refractivity contribution in [2.24, 2.45) is 52.5 Å². The van der Waals surface area contributed by atoms with Crippen LogP contribution >= 0.6 is 0 Å². The first-order chi connectivity index (χ1) is 21.5. The summed E-state index contributed by atoms with van der Waals surface area (Å²) in [6.07, 6.45) is 8.67. The van der Waals surface area contributed by atoms with Gasteiger partial charge in [0.2, 0.25) is 11.6 Å². The van der Waals surface area contributed by atoms with E-state index in [4.69, 9.17) is 48.5 Å². The van der Waals surface area contributed by atoms with E-state index in [0.717, 1.165) is 57.1 Å². The van der Waals surface area contributed by atoms with Crippen LogP contribution in [-0.4, -0.2) is 59.9 Å².